The summed E-state index contributed by atoms with van der Waals surface area (Å²) in [7, 11) is 0. The zero-order chi connectivity index (χ0) is 11.7. The Hall–Kier alpha value is -1.55. The van der Waals surface area contributed by atoms with Crippen molar-refractivity contribution in [1.82, 2.24) is 4.57 Å². The Balaban J connectivity index is 2.60. The molecule has 16 heavy (non-hydrogen) atoms. The van der Waals surface area contributed by atoms with Gasteiger partial charge in [0.05, 0.1) is 5.52 Å². The van der Waals surface area contributed by atoms with Gasteiger partial charge in [-0.3, -0.25) is 4.57 Å². The smallest absolute Gasteiger partial charge is 0.408 e. The zero-order valence-electron chi connectivity index (χ0n) is 9.56. The van der Waals surface area contributed by atoms with Gasteiger partial charge in [0.25, 0.3) is 0 Å². The second-order valence-corrected chi connectivity index (χ2v) is 4.04. The van der Waals surface area contributed by atoms with Crippen LogP contribution < -0.4 is 11.5 Å². The highest BCUT2D eigenvalue weighted by atomic mass is 16.4. The Morgan fingerprint density at radius 1 is 1.50 bits per heavy atom. The fourth-order valence-corrected chi connectivity index (χ4v) is 1.80. The third kappa shape index (κ3) is 1.76. The molecule has 0 unspecified atom stereocenters. The number of aromatic nitrogens is 1. The molecule has 0 bridgehead atoms. The van der Waals surface area contributed by atoms with E-state index in [4.69, 9.17) is 10.2 Å². The number of aryl methyl sites for hydroxylation is 1. The molecular weight excluding hydrogens is 204 g/mol. The van der Waals surface area contributed by atoms with Crippen LogP contribution in [0.4, 0.5) is 0 Å². The molecule has 1 aromatic carbocycles. The van der Waals surface area contributed by atoms with Gasteiger partial charge in [-0.1, -0.05) is 13.0 Å². The first-order chi connectivity index (χ1) is 7.63. The minimum absolute atomic E-state index is 0.0516. The first-order valence-corrected chi connectivity index (χ1v) is 5.52. The predicted octanol–water partition coefficient (Wildman–Crippen LogP) is 2.02. The molecule has 0 aliphatic heterocycles. The molecule has 1 aromatic heterocycles. The van der Waals surface area contributed by atoms with Gasteiger partial charge >= 0.3 is 5.76 Å². The Morgan fingerprint density at radius 3 is 2.88 bits per heavy atom. The molecule has 0 aliphatic rings. The fourth-order valence-electron chi connectivity index (χ4n) is 1.80. The first-order valence-electron chi connectivity index (χ1n) is 5.52. The molecule has 86 valence electrons. The SMILES string of the molecule is CCCn1c(=O)oc2cc([C@H](C)N)ccc21. The van der Waals surface area contributed by atoms with E-state index in [0.29, 0.717) is 12.1 Å². The van der Waals surface area contributed by atoms with Crippen LogP contribution >= 0.6 is 0 Å². The quantitative estimate of drug-likeness (QED) is 0.860. The number of benzene rings is 1. The van der Waals surface area contributed by atoms with Crippen molar-refractivity contribution >= 4 is 11.1 Å². The van der Waals surface area contributed by atoms with Gasteiger partial charge < -0.3 is 10.2 Å². The van der Waals surface area contributed by atoms with Crippen molar-refractivity contribution in [2.45, 2.75) is 32.9 Å². The predicted molar refractivity (Wildman–Crippen MR) is 63.4 cm³/mol. The van der Waals surface area contributed by atoms with Crippen molar-refractivity contribution in [1.29, 1.82) is 0 Å². The van der Waals surface area contributed by atoms with Gasteiger partial charge in [0.15, 0.2) is 5.58 Å². The molecule has 0 aliphatic carbocycles. The minimum atomic E-state index is -0.293. The summed E-state index contributed by atoms with van der Waals surface area (Å²) in [6, 6.07) is 5.63. The van der Waals surface area contributed by atoms with Gasteiger partial charge in [-0.25, -0.2) is 4.79 Å². The van der Waals surface area contributed by atoms with Crippen LogP contribution in [0.1, 0.15) is 31.9 Å². The van der Waals surface area contributed by atoms with Crippen molar-refractivity contribution < 1.29 is 4.42 Å². The number of hydrogen-bond acceptors (Lipinski definition) is 3. The lowest BCUT2D eigenvalue weighted by molar-refractivity contribution is 0.502. The number of fused-ring (bicyclic) bond motifs is 1. The highest BCUT2D eigenvalue weighted by Gasteiger charge is 2.09. The van der Waals surface area contributed by atoms with Crippen LogP contribution in [-0.4, -0.2) is 4.57 Å². The maximum atomic E-state index is 11.6. The van der Waals surface area contributed by atoms with Gasteiger partial charge in [-0.05, 0) is 31.0 Å². The van der Waals surface area contributed by atoms with E-state index in [0.717, 1.165) is 17.5 Å². The summed E-state index contributed by atoms with van der Waals surface area (Å²) in [5, 5.41) is 0. The van der Waals surface area contributed by atoms with Crippen molar-refractivity contribution in [3.63, 3.8) is 0 Å². The second kappa shape index (κ2) is 4.14. The third-order valence-electron chi connectivity index (χ3n) is 2.67. The number of nitrogens with two attached hydrogens (primary N) is 1. The lowest BCUT2D eigenvalue weighted by Crippen LogP contribution is -2.13. The summed E-state index contributed by atoms with van der Waals surface area (Å²) >= 11 is 0. The normalized spacial score (nSPS) is 13.2. The van der Waals surface area contributed by atoms with E-state index < -0.39 is 0 Å². The van der Waals surface area contributed by atoms with Crippen molar-refractivity contribution in [2.24, 2.45) is 5.73 Å². The molecule has 0 radical (unpaired) electrons. The largest absolute Gasteiger partial charge is 0.419 e. The molecule has 4 heteroatoms. The van der Waals surface area contributed by atoms with Crippen LogP contribution in [0.5, 0.6) is 0 Å². The number of rotatable bonds is 3. The van der Waals surface area contributed by atoms with Gasteiger partial charge in [0, 0.05) is 12.6 Å². The highest BCUT2D eigenvalue weighted by molar-refractivity contribution is 5.73. The molecule has 0 fully saturated rings. The summed E-state index contributed by atoms with van der Waals surface area (Å²) in [6.45, 7) is 4.62. The van der Waals surface area contributed by atoms with E-state index >= 15 is 0 Å². The Morgan fingerprint density at radius 2 is 2.25 bits per heavy atom. The molecule has 1 heterocycles. The summed E-state index contributed by atoms with van der Waals surface area (Å²) < 4.78 is 6.85. The molecule has 0 spiro atoms. The van der Waals surface area contributed by atoms with Crippen LogP contribution in [0.2, 0.25) is 0 Å². The molecule has 0 saturated carbocycles. The molecule has 2 aromatic rings. The van der Waals surface area contributed by atoms with Crippen LogP contribution in [0.15, 0.2) is 27.4 Å². The van der Waals surface area contributed by atoms with Gasteiger partial charge in [0.1, 0.15) is 0 Å². The minimum Gasteiger partial charge on any atom is -0.408 e. The van der Waals surface area contributed by atoms with Crippen LogP contribution in [0.3, 0.4) is 0 Å². The maximum absolute atomic E-state index is 11.6. The fraction of sp³-hybridized carbons (Fsp3) is 0.417. The average molecular weight is 220 g/mol. The van der Waals surface area contributed by atoms with Crippen molar-refractivity contribution in [3.05, 3.63) is 34.3 Å². The number of hydrogen-bond donors (Lipinski definition) is 1. The lowest BCUT2D eigenvalue weighted by atomic mass is 10.1. The van der Waals surface area contributed by atoms with Gasteiger partial charge in [-0.2, -0.15) is 0 Å². The molecule has 0 saturated heterocycles. The molecule has 4 nitrogen and oxygen atoms in total. The molecule has 0 amide bonds. The van der Waals surface area contributed by atoms with E-state index in [1.165, 1.54) is 0 Å². The van der Waals surface area contributed by atoms with E-state index in [2.05, 4.69) is 0 Å². The Kier molecular flexibility index (Phi) is 2.83. The second-order valence-electron chi connectivity index (χ2n) is 4.04. The van der Waals surface area contributed by atoms with Crippen LogP contribution in [0.25, 0.3) is 11.1 Å². The monoisotopic (exact) mass is 220 g/mol. The number of nitrogens with zero attached hydrogens (tertiary/aromatic N) is 1. The van der Waals surface area contributed by atoms with Crippen molar-refractivity contribution in [2.75, 3.05) is 0 Å². The van der Waals surface area contributed by atoms with Crippen LogP contribution in [0, 0.1) is 0 Å². The topological polar surface area (TPSA) is 61.2 Å². The highest BCUT2D eigenvalue weighted by Crippen LogP contribution is 2.18. The Labute approximate surface area is 93.7 Å². The zero-order valence-corrected chi connectivity index (χ0v) is 9.56. The Bertz CT molecular complexity index is 552. The maximum Gasteiger partial charge on any atom is 0.419 e. The standard InChI is InChI=1S/C12H16N2O2/c1-3-6-14-10-5-4-9(8(2)13)7-11(10)16-12(14)15/h4-5,7-8H,3,6,13H2,1-2H3/t8-/m0/s1. The molecule has 2 N–H and O–H groups in total. The molecule has 2 rings (SSSR count). The summed E-state index contributed by atoms with van der Waals surface area (Å²) in [5.41, 5.74) is 8.22. The van der Waals surface area contributed by atoms with E-state index in [-0.39, 0.29) is 11.8 Å². The number of oxazole rings is 1. The van der Waals surface area contributed by atoms with Gasteiger partial charge in [0.2, 0.25) is 0 Å². The third-order valence-corrected chi connectivity index (χ3v) is 2.67. The van der Waals surface area contributed by atoms with Crippen LogP contribution in [-0.2, 0) is 6.54 Å². The van der Waals surface area contributed by atoms with E-state index in [1.54, 1.807) is 4.57 Å². The molecule has 1 atom stereocenters. The molecular formula is C12H16N2O2. The van der Waals surface area contributed by atoms with Crippen molar-refractivity contribution in [3.8, 4) is 0 Å². The van der Waals surface area contributed by atoms with Gasteiger partial charge in [-0.15, -0.1) is 0 Å². The van der Waals surface area contributed by atoms with E-state index in [9.17, 15) is 4.79 Å². The summed E-state index contributed by atoms with van der Waals surface area (Å²) in [6.07, 6.45) is 0.906. The van der Waals surface area contributed by atoms with E-state index in [1.807, 2.05) is 32.0 Å². The summed E-state index contributed by atoms with van der Waals surface area (Å²) in [4.78, 5) is 11.6. The summed E-state index contributed by atoms with van der Waals surface area (Å²) in [5.74, 6) is -0.293. The lowest BCUT2D eigenvalue weighted by Gasteiger charge is -2.04. The first kappa shape index (κ1) is 11.0. The average Bonchev–Trinajstić information content (AvgIpc) is 2.55.